The molecular formula is C16H21NOS. The van der Waals surface area contributed by atoms with Gasteiger partial charge in [0.05, 0.1) is 12.1 Å². The maximum atomic E-state index is 5.70. The number of ether oxygens (including phenoxy) is 1. The molecule has 2 aromatic rings. The lowest BCUT2D eigenvalue weighted by Gasteiger charge is -2.17. The zero-order valence-corrected chi connectivity index (χ0v) is 12.8. The Bertz CT molecular complexity index is 520. The molecule has 19 heavy (non-hydrogen) atoms. The van der Waals surface area contributed by atoms with Gasteiger partial charge in [0.15, 0.2) is 0 Å². The van der Waals surface area contributed by atoms with Crippen molar-refractivity contribution in [2.75, 3.05) is 5.32 Å². The Kier molecular flexibility index (Phi) is 4.48. The molecule has 1 atom stereocenters. The van der Waals surface area contributed by atoms with Gasteiger partial charge in [0, 0.05) is 10.6 Å². The van der Waals surface area contributed by atoms with Crippen LogP contribution in [0.4, 0.5) is 5.69 Å². The predicted molar refractivity (Wildman–Crippen MR) is 83.3 cm³/mol. The van der Waals surface area contributed by atoms with Crippen LogP contribution in [-0.2, 0) is 0 Å². The number of anilines is 1. The van der Waals surface area contributed by atoms with Crippen LogP contribution in [-0.4, -0.2) is 6.10 Å². The highest BCUT2D eigenvalue weighted by atomic mass is 32.1. The van der Waals surface area contributed by atoms with E-state index in [0.717, 1.165) is 11.4 Å². The van der Waals surface area contributed by atoms with Crippen molar-refractivity contribution < 1.29 is 4.74 Å². The summed E-state index contributed by atoms with van der Waals surface area (Å²) in [4.78, 5) is 1.35. The summed E-state index contributed by atoms with van der Waals surface area (Å²) >= 11 is 1.78. The van der Waals surface area contributed by atoms with Crippen LogP contribution in [0.5, 0.6) is 5.75 Å². The first-order chi connectivity index (χ1) is 9.06. The second kappa shape index (κ2) is 6.11. The van der Waals surface area contributed by atoms with E-state index in [-0.39, 0.29) is 6.10 Å². The van der Waals surface area contributed by atoms with Crippen molar-refractivity contribution in [3.8, 4) is 5.75 Å². The minimum Gasteiger partial charge on any atom is -0.491 e. The van der Waals surface area contributed by atoms with Crippen molar-refractivity contribution >= 4 is 17.0 Å². The topological polar surface area (TPSA) is 21.3 Å². The average Bonchev–Trinajstić information content (AvgIpc) is 2.85. The molecule has 0 aliphatic carbocycles. The SMILES string of the molecule is Cc1cc(OC(C)C)ccc1NC(C)c1cccs1. The van der Waals surface area contributed by atoms with Crippen LogP contribution in [0.3, 0.4) is 0 Å². The zero-order valence-electron chi connectivity index (χ0n) is 11.9. The van der Waals surface area contributed by atoms with Crippen molar-refractivity contribution in [3.63, 3.8) is 0 Å². The molecule has 1 N–H and O–H groups in total. The molecule has 0 fully saturated rings. The summed E-state index contributed by atoms with van der Waals surface area (Å²) in [6.45, 7) is 8.38. The molecule has 0 bridgehead atoms. The third kappa shape index (κ3) is 3.74. The van der Waals surface area contributed by atoms with Gasteiger partial charge in [-0.05, 0) is 62.9 Å². The number of rotatable bonds is 5. The van der Waals surface area contributed by atoms with Crippen molar-refractivity contribution in [1.29, 1.82) is 0 Å². The van der Waals surface area contributed by atoms with Gasteiger partial charge in [0.1, 0.15) is 5.75 Å². The Labute approximate surface area is 119 Å². The Hall–Kier alpha value is -1.48. The van der Waals surface area contributed by atoms with E-state index in [0.29, 0.717) is 6.04 Å². The van der Waals surface area contributed by atoms with Crippen LogP contribution in [0.2, 0.25) is 0 Å². The maximum absolute atomic E-state index is 5.70. The fourth-order valence-electron chi connectivity index (χ4n) is 1.99. The number of benzene rings is 1. The van der Waals surface area contributed by atoms with Gasteiger partial charge in [-0.2, -0.15) is 0 Å². The van der Waals surface area contributed by atoms with Gasteiger partial charge in [-0.15, -0.1) is 11.3 Å². The van der Waals surface area contributed by atoms with Crippen LogP contribution in [0.15, 0.2) is 35.7 Å². The van der Waals surface area contributed by atoms with E-state index in [1.54, 1.807) is 11.3 Å². The van der Waals surface area contributed by atoms with Gasteiger partial charge in [-0.25, -0.2) is 0 Å². The Morgan fingerprint density at radius 2 is 1.95 bits per heavy atom. The van der Waals surface area contributed by atoms with Gasteiger partial charge in [0.25, 0.3) is 0 Å². The summed E-state index contributed by atoms with van der Waals surface area (Å²) < 4.78 is 5.70. The standard InChI is InChI=1S/C16H21NOS/c1-11(2)18-14-7-8-15(12(3)10-14)17-13(4)16-6-5-9-19-16/h5-11,13,17H,1-4H3. The second-order valence-corrected chi connectivity index (χ2v) is 6.00. The third-order valence-corrected chi connectivity index (χ3v) is 3.97. The van der Waals surface area contributed by atoms with Crippen LogP contribution in [0.1, 0.15) is 37.3 Å². The minimum atomic E-state index is 0.211. The number of hydrogen-bond donors (Lipinski definition) is 1. The normalized spacial score (nSPS) is 12.5. The molecule has 102 valence electrons. The highest BCUT2D eigenvalue weighted by molar-refractivity contribution is 7.10. The Morgan fingerprint density at radius 1 is 1.16 bits per heavy atom. The molecule has 0 radical (unpaired) electrons. The highest BCUT2D eigenvalue weighted by Crippen LogP contribution is 2.27. The lowest BCUT2D eigenvalue weighted by atomic mass is 10.1. The van der Waals surface area contributed by atoms with E-state index in [4.69, 9.17) is 4.74 Å². The molecule has 2 nitrogen and oxygen atoms in total. The van der Waals surface area contributed by atoms with E-state index >= 15 is 0 Å². The first-order valence-electron chi connectivity index (χ1n) is 6.63. The Balaban J connectivity index is 2.09. The monoisotopic (exact) mass is 275 g/mol. The molecular weight excluding hydrogens is 254 g/mol. The molecule has 0 saturated heterocycles. The van der Waals surface area contributed by atoms with E-state index in [2.05, 4.69) is 48.8 Å². The zero-order chi connectivity index (χ0) is 13.8. The van der Waals surface area contributed by atoms with Crippen molar-refractivity contribution in [1.82, 2.24) is 0 Å². The van der Waals surface area contributed by atoms with Gasteiger partial charge in [-0.1, -0.05) is 6.07 Å². The molecule has 0 saturated carbocycles. The second-order valence-electron chi connectivity index (χ2n) is 5.02. The van der Waals surface area contributed by atoms with E-state index in [1.165, 1.54) is 10.4 Å². The molecule has 1 unspecified atom stereocenters. The fraction of sp³-hybridized carbons (Fsp3) is 0.375. The summed E-state index contributed by atoms with van der Waals surface area (Å²) in [6.07, 6.45) is 0.211. The first kappa shape index (κ1) is 13.9. The van der Waals surface area contributed by atoms with E-state index < -0.39 is 0 Å². The predicted octanol–water partition coefficient (Wildman–Crippen LogP) is 5.02. The smallest absolute Gasteiger partial charge is 0.120 e. The number of aryl methyl sites for hydroxylation is 1. The number of nitrogens with one attached hydrogen (secondary N) is 1. The van der Waals surface area contributed by atoms with E-state index in [1.807, 2.05) is 19.9 Å². The van der Waals surface area contributed by atoms with Gasteiger partial charge in [0.2, 0.25) is 0 Å². The summed E-state index contributed by atoms with van der Waals surface area (Å²) in [7, 11) is 0. The van der Waals surface area contributed by atoms with Gasteiger partial charge in [-0.3, -0.25) is 0 Å². The summed E-state index contributed by atoms with van der Waals surface area (Å²) in [6, 6.07) is 10.8. The molecule has 0 aliphatic heterocycles. The average molecular weight is 275 g/mol. The van der Waals surface area contributed by atoms with Gasteiger partial charge < -0.3 is 10.1 Å². The minimum absolute atomic E-state index is 0.211. The molecule has 0 aliphatic rings. The van der Waals surface area contributed by atoms with Crippen LogP contribution in [0, 0.1) is 6.92 Å². The fourth-order valence-corrected chi connectivity index (χ4v) is 2.72. The van der Waals surface area contributed by atoms with Gasteiger partial charge >= 0.3 is 0 Å². The van der Waals surface area contributed by atoms with Crippen molar-refractivity contribution in [2.24, 2.45) is 0 Å². The third-order valence-electron chi connectivity index (χ3n) is 2.91. The lowest BCUT2D eigenvalue weighted by molar-refractivity contribution is 0.242. The van der Waals surface area contributed by atoms with Crippen molar-refractivity contribution in [3.05, 3.63) is 46.2 Å². The highest BCUT2D eigenvalue weighted by Gasteiger charge is 2.08. The summed E-state index contributed by atoms with van der Waals surface area (Å²) in [5.74, 6) is 0.932. The van der Waals surface area contributed by atoms with Crippen LogP contribution < -0.4 is 10.1 Å². The molecule has 1 heterocycles. The quantitative estimate of drug-likeness (QED) is 0.827. The first-order valence-corrected chi connectivity index (χ1v) is 7.51. The summed E-state index contributed by atoms with van der Waals surface area (Å²) in [5.41, 5.74) is 2.37. The van der Waals surface area contributed by atoms with Crippen molar-refractivity contribution in [2.45, 2.75) is 39.8 Å². The van der Waals surface area contributed by atoms with E-state index in [9.17, 15) is 0 Å². The molecule has 1 aromatic heterocycles. The molecule has 3 heteroatoms. The number of hydrogen-bond acceptors (Lipinski definition) is 3. The van der Waals surface area contributed by atoms with Crippen LogP contribution >= 0.6 is 11.3 Å². The summed E-state index contributed by atoms with van der Waals surface area (Å²) in [5, 5.41) is 5.66. The van der Waals surface area contributed by atoms with Crippen LogP contribution in [0.25, 0.3) is 0 Å². The maximum Gasteiger partial charge on any atom is 0.120 e. The molecule has 0 spiro atoms. The largest absolute Gasteiger partial charge is 0.491 e. The Morgan fingerprint density at radius 3 is 2.53 bits per heavy atom. The molecule has 0 amide bonds. The molecule has 1 aromatic carbocycles. The lowest BCUT2D eigenvalue weighted by Crippen LogP contribution is -2.08. The molecule has 2 rings (SSSR count). The number of thiophene rings is 1.